The van der Waals surface area contributed by atoms with E-state index in [2.05, 4.69) is 22.3 Å². The van der Waals surface area contributed by atoms with Crippen molar-refractivity contribution >= 4 is 46.0 Å². The number of aldehydes is 1. The Bertz CT molecular complexity index is 1060. The Morgan fingerprint density at radius 1 is 1.07 bits per heavy atom. The molecule has 150 valence electrons. The first-order valence-electron chi connectivity index (χ1n) is 9.82. The minimum Gasteiger partial charge on any atom is -0.347 e. The van der Waals surface area contributed by atoms with Gasteiger partial charge in [0.25, 0.3) is 5.91 Å². The van der Waals surface area contributed by atoms with Crippen LogP contribution in [0, 0.1) is 5.92 Å². The molecular formula is C23H23ClN2O2S. The minimum absolute atomic E-state index is 0. The normalized spacial score (nSPS) is 22.8. The van der Waals surface area contributed by atoms with E-state index in [4.69, 9.17) is 0 Å². The van der Waals surface area contributed by atoms with Gasteiger partial charge < -0.3 is 10.2 Å². The summed E-state index contributed by atoms with van der Waals surface area (Å²) in [6, 6.07) is 16.1. The molecule has 3 fully saturated rings. The Labute approximate surface area is 180 Å². The van der Waals surface area contributed by atoms with Crippen molar-refractivity contribution in [2.24, 2.45) is 5.92 Å². The Kier molecular flexibility index (Phi) is 5.72. The summed E-state index contributed by atoms with van der Waals surface area (Å²) in [5, 5.41) is 4.36. The summed E-state index contributed by atoms with van der Waals surface area (Å²) in [4.78, 5) is 27.1. The molecule has 0 spiro atoms. The molecule has 1 atom stereocenters. The van der Waals surface area contributed by atoms with Gasteiger partial charge in [-0.3, -0.25) is 9.59 Å². The number of hydrogen-bond donors (Lipinski definition) is 1. The summed E-state index contributed by atoms with van der Waals surface area (Å²) in [5.41, 5.74) is 2.74. The summed E-state index contributed by atoms with van der Waals surface area (Å²) >= 11 is 1.54. The summed E-state index contributed by atoms with van der Waals surface area (Å²) < 4.78 is 1.09. The highest BCUT2D eigenvalue weighted by Gasteiger charge is 2.35. The van der Waals surface area contributed by atoms with Crippen molar-refractivity contribution in [2.75, 3.05) is 19.6 Å². The van der Waals surface area contributed by atoms with E-state index in [0.717, 1.165) is 38.9 Å². The lowest BCUT2D eigenvalue weighted by Crippen LogP contribution is -2.57. The van der Waals surface area contributed by atoms with E-state index in [1.165, 1.54) is 37.3 Å². The number of nitrogens with one attached hydrogen (secondary N) is 1. The van der Waals surface area contributed by atoms with Crippen molar-refractivity contribution < 1.29 is 9.59 Å². The predicted octanol–water partition coefficient (Wildman–Crippen LogP) is 4.63. The highest BCUT2D eigenvalue weighted by molar-refractivity contribution is 7.20. The molecule has 3 aromatic rings. The van der Waals surface area contributed by atoms with Gasteiger partial charge in [-0.25, -0.2) is 0 Å². The molecule has 3 aliphatic rings. The molecule has 2 bridgehead atoms. The molecule has 6 heteroatoms. The molecule has 0 saturated carbocycles. The average Bonchev–Trinajstić information content (AvgIpc) is 3.18. The molecule has 3 aliphatic heterocycles. The number of thiophene rings is 1. The fraction of sp³-hybridized carbons (Fsp3) is 0.304. The van der Waals surface area contributed by atoms with Crippen LogP contribution >= 0.6 is 23.7 Å². The third-order valence-corrected chi connectivity index (χ3v) is 7.17. The van der Waals surface area contributed by atoms with Crippen molar-refractivity contribution in [3.8, 4) is 11.1 Å². The maximum absolute atomic E-state index is 12.8. The number of amides is 1. The van der Waals surface area contributed by atoms with Gasteiger partial charge >= 0.3 is 0 Å². The molecule has 1 N–H and O–H groups in total. The maximum atomic E-state index is 12.8. The molecule has 4 nitrogen and oxygen atoms in total. The lowest BCUT2D eigenvalue weighted by atomic mass is 9.84. The van der Waals surface area contributed by atoms with Crippen LogP contribution in [0.25, 0.3) is 21.2 Å². The average molecular weight is 427 g/mol. The number of carbonyl (C=O) groups excluding carboxylic acids is 2. The summed E-state index contributed by atoms with van der Waals surface area (Å²) in [5.74, 6) is 0.671. The Balaban J connectivity index is 0.00000205. The first kappa shape index (κ1) is 20.1. The first-order chi connectivity index (χ1) is 13.7. The molecule has 1 aromatic heterocycles. The third-order valence-electron chi connectivity index (χ3n) is 6.07. The topological polar surface area (TPSA) is 49.4 Å². The minimum atomic E-state index is 0. The van der Waals surface area contributed by atoms with E-state index >= 15 is 0 Å². The fourth-order valence-electron chi connectivity index (χ4n) is 4.48. The van der Waals surface area contributed by atoms with E-state index < -0.39 is 0 Å². The zero-order valence-electron chi connectivity index (χ0n) is 16.0. The first-order valence-corrected chi connectivity index (χ1v) is 10.6. The van der Waals surface area contributed by atoms with E-state index in [1.807, 2.05) is 30.3 Å². The molecular weight excluding hydrogens is 404 g/mol. The van der Waals surface area contributed by atoms with Crippen molar-refractivity contribution in [2.45, 2.75) is 18.9 Å². The second-order valence-corrected chi connectivity index (χ2v) is 8.91. The van der Waals surface area contributed by atoms with Gasteiger partial charge in [0.2, 0.25) is 0 Å². The number of hydrogen-bond acceptors (Lipinski definition) is 4. The largest absolute Gasteiger partial charge is 0.347 e. The van der Waals surface area contributed by atoms with Gasteiger partial charge in [-0.1, -0.05) is 30.3 Å². The smallest absolute Gasteiger partial charge is 0.261 e. The lowest BCUT2D eigenvalue weighted by Gasteiger charge is -2.44. The zero-order chi connectivity index (χ0) is 19.1. The lowest BCUT2D eigenvalue weighted by molar-refractivity contribution is 0.0622. The quantitative estimate of drug-likeness (QED) is 0.619. The molecule has 1 amide bonds. The van der Waals surface area contributed by atoms with E-state index in [1.54, 1.807) is 6.07 Å². The number of halogens is 1. The van der Waals surface area contributed by atoms with Crippen LogP contribution in [0.15, 0.2) is 48.5 Å². The van der Waals surface area contributed by atoms with E-state index in [0.29, 0.717) is 11.5 Å². The number of fused-ring (bicyclic) bond motifs is 4. The standard InChI is InChI=1S/C23H22N2O2S.ClH/c26-14-15-2-1-3-17(10-15)18-4-5-19-12-22(28-21(19)11-18)23(27)24-20-13-25-8-6-16(20)7-9-25;/h1-5,10-12,14,16,20H,6-9,13H2,(H,24,27);1H/t20-;/m0./s1. The van der Waals surface area contributed by atoms with Crippen molar-refractivity contribution in [1.82, 2.24) is 10.2 Å². The summed E-state index contributed by atoms with van der Waals surface area (Å²) in [6.07, 6.45) is 3.26. The summed E-state index contributed by atoms with van der Waals surface area (Å²) in [7, 11) is 0. The SMILES string of the molecule is Cl.O=Cc1cccc(-c2ccc3cc(C(=O)N[C@H]4CN5CCC4CC5)sc3c2)c1. The Morgan fingerprint density at radius 3 is 2.59 bits per heavy atom. The van der Waals surface area contributed by atoms with Crippen LogP contribution in [-0.2, 0) is 0 Å². The number of nitrogens with zero attached hydrogens (tertiary/aromatic N) is 1. The number of carbonyl (C=O) groups is 2. The number of benzene rings is 2. The van der Waals surface area contributed by atoms with Crippen molar-refractivity contribution in [3.63, 3.8) is 0 Å². The van der Waals surface area contributed by atoms with Crippen LogP contribution in [0.1, 0.15) is 32.9 Å². The monoisotopic (exact) mass is 426 g/mol. The zero-order valence-corrected chi connectivity index (χ0v) is 17.6. The van der Waals surface area contributed by atoms with Crippen LogP contribution < -0.4 is 5.32 Å². The molecule has 3 saturated heterocycles. The van der Waals surface area contributed by atoms with Gasteiger partial charge in [-0.05, 0) is 66.6 Å². The maximum Gasteiger partial charge on any atom is 0.261 e. The van der Waals surface area contributed by atoms with Gasteiger partial charge in [-0.2, -0.15) is 0 Å². The van der Waals surface area contributed by atoms with Crippen LogP contribution in [0.3, 0.4) is 0 Å². The Morgan fingerprint density at radius 2 is 1.86 bits per heavy atom. The second-order valence-electron chi connectivity index (χ2n) is 7.82. The van der Waals surface area contributed by atoms with E-state index in [-0.39, 0.29) is 24.4 Å². The van der Waals surface area contributed by atoms with Crippen LogP contribution in [0.5, 0.6) is 0 Å². The molecule has 2 aromatic carbocycles. The van der Waals surface area contributed by atoms with Crippen LogP contribution in [0.4, 0.5) is 0 Å². The molecule has 0 unspecified atom stereocenters. The van der Waals surface area contributed by atoms with Gasteiger partial charge in [0.15, 0.2) is 0 Å². The molecule has 6 rings (SSSR count). The van der Waals surface area contributed by atoms with E-state index in [9.17, 15) is 9.59 Å². The van der Waals surface area contributed by atoms with Gasteiger partial charge in [0, 0.05) is 22.8 Å². The third kappa shape index (κ3) is 3.95. The highest BCUT2D eigenvalue weighted by Crippen LogP contribution is 2.32. The van der Waals surface area contributed by atoms with Crippen molar-refractivity contribution in [3.05, 3.63) is 59.0 Å². The molecule has 4 heterocycles. The molecule has 0 radical (unpaired) electrons. The van der Waals surface area contributed by atoms with Crippen molar-refractivity contribution in [1.29, 1.82) is 0 Å². The Hall–Kier alpha value is -2.21. The van der Waals surface area contributed by atoms with Crippen LogP contribution in [0.2, 0.25) is 0 Å². The number of piperidine rings is 3. The molecule has 29 heavy (non-hydrogen) atoms. The molecule has 0 aliphatic carbocycles. The predicted molar refractivity (Wildman–Crippen MR) is 120 cm³/mol. The summed E-state index contributed by atoms with van der Waals surface area (Å²) in [6.45, 7) is 3.33. The highest BCUT2D eigenvalue weighted by atomic mass is 35.5. The van der Waals surface area contributed by atoms with Crippen LogP contribution in [-0.4, -0.2) is 42.8 Å². The van der Waals surface area contributed by atoms with Gasteiger partial charge in [0.1, 0.15) is 6.29 Å². The van der Waals surface area contributed by atoms with Gasteiger partial charge in [0.05, 0.1) is 4.88 Å². The fourth-order valence-corrected chi connectivity index (χ4v) is 5.49. The second kappa shape index (κ2) is 8.27. The number of rotatable bonds is 4. The van der Waals surface area contributed by atoms with Gasteiger partial charge in [-0.15, -0.1) is 23.7 Å².